The van der Waals surface area contributed by atoms with E-state index in [1.807, 2.05) is 4.90 Å². The van der Waals surface area contributed by atoms with E-state index < -0.39 is 0 Å². The summed E-state index contributed by atoms with van der Waals surface area (Å²) in [4.78, 5) is 14.2. The lowest BCUT2D eigenvalue weighted by Crippen LogP contribution is -2.38. The number of rotatable bonds is 3. The Balaban J connectivity index is 2.17. The fraction of sp³-hybridized carbons (Fsp3) is 0.429. The standard InChI is InChI=1S/C14H16N2O2/c1-18-10-13-6-3-7-16(13)14(17)12-5-2-4-11(8-12)9-15/h2,4-5,8,13H,3,6-7,10H2,1H3. The first-order chi connectivity index (χ1) is 8.76. The van der Waals surface area contributed by atoms with Gasteiger partial charge in [-0.1, -0.05) is 6.07 Å². The predicted octanol–water partition coefficient (Wildman–Crippen LogP) is 1.81. The Labute approximate surface area is 107 Å². The first-order valence-electron chi connectivity index (χ1n) is 6.06. The molecule has 0 saturated carbocycles. The summed E-state index contributed by atoms with van der Waals surface area (Å²) < 4.78 is 5.14. The third kappa shape index (κ3) is 2.52. The molecule has 0 radical (unpaired) electrons. The van der Waals surface area contributed by atoms with Crippen LogP contribution in [0.3, 0.4) is 0 Å². The molecule has 1 aromatic carbocycles. The first kappa shape index (κ1) is 12.6. The molecule has 0 spiro atoms. The van der Waals surface area contributed by atoms with Crippen molar-refractivity contribution in [1.29, 1.82) is 5.26 Å². The highest BCUT2D eigenvalue weighted by atomic mass is 16.5. The quantitative estimate of drug-likeness (QED) is 0.814. The average Bonchev–Trinajstić information content (AvgIpc) is 2.86. The molecule has 1 aromatic rings. The number of benzene rings is 1. The minimum atomic E-state index is -0.00773. The third-order valence-electron chi connectivity index (χ3n) is 3.24. The maximum atomic E-state index is 12.4. The van der Waals surface area contributed by atoms with Crippen molar-refractivity contribution in [2.75, 3.05) is 20.3 Å². The average molecular weight is 244 g/mol. The molecule has 4 nitrogen and oxygen atoms in total. The monoisotopic (exact) mass is 244 g/mol. The summed E-state index contributed by atoms with van der Waals surface area (Å²) in [6, 6.07) is 9.06. The van der Waals surface area contributed by atoms with Gasteiger partial charge in [-0.05, 0) is 31.0 Å². The molecule has 1 aliphatic rings. The zero-order chi connectivity index (χ0) is 13.0. The molecular formula is C14H16N2O2. The van der Waals surface area contributed by atoms with Crippen LogP contribution in [-0.2, 0) is 4.74 Å². The number of likely N-dealkylation sites (tertiary alicyclic amines) is 1. The van der Waals surface area contributed by atoms with E-state index in [9.17, 15) is 4.79 Å². The Morgan fingerprint density at radius 2 is 2.44 bits per heavy atom. The van der Waals surface area contributed by atoms with Gasteiger partial charge in [0.15, 0.2) is 0 Å². The fourth-order valence-corrected chi connectivity index (χ4v) is 2.36. The third-order valence-corrected chi connectivity index (χ3v) is 3.24. The van der Waals surface area contributed by atoms with Crippen LogP contribution in [0.15, 0.2) is 24.3 Å². The molecule has 18 heavy (non-hydrogen) atoms. The Kier molecular flexibility index (Phi) is 3.96. The molecular weight excluding hydrogens is 228 g/mol. The lowest BCUT2D eigenvalue weighted by Gasteiger charge is -2.24. The van der Waals surface area contributed by atoms with Gasteiger partial charge in [-0.15, -0.1) is 0 Å². The summed E-state index contributed by atoms with van der Waals surface area (Å²) in [7, 11) is 1.65. The molecule has 1 heterocycles. The largest absolute Gasteiger partial charge is 0.383 e. The molecule has 2 rings (SSSR count). The normalized spacial score (nSPS) is 18.7. The molecule has 94 valence electrons. The lowest BCUT2D eigenvalue weighted by atomic mass is 10.1. The Morgan fingerprint density at radius 3 is 3.17 bits per heavy atom. The van der Waals surface area contributed by atoms with Crippen LogP contribution in [0.4, 0.5) is 0 Å². The van der Waals surface area contributed by atoms with Gasteiger partial charge in [-0.3, -0.25) is 4.79 Å². The number of nitriles is 1. The first-order valence-corrected chi connectivity index (χ1v) is 6.06. The van der Waals surface area contributed by atoms with Gasteiger partial charge in [0, 0.05) is 19.2 Å². The second-order valence-electron chi connectivity index (χ2n) is 4.44. The molecule has 1 atom stereocenters. The van der Waals surface area contributed by atoms with Gasteiger partial charge in [0.2, 0.25) is 0 Å². The number of methoxy groups -OCH3 is 1. The van der Waals surface area contributed by atoms with Crippen molar-refractivity contribution in [3.63, 3.8) is 0 Å². The molecule has 1 unspecified atom stereocenters. The molecule has 0 bridgehead atoms. The number of carbonyl (C=O) groups excluding carboxylic acids is 1. The van der Waals surface area contributed by atoms with E-state index in [1.165, 1.54) is 0 Å². The summed E-state index contributed by atoms with van der Waals surface area (Å²) in [5.41, 5.74) is 1.10. The second kappa shape index (κ2) is 5.65. The number of hydrogen-bond acceptors (Lipinski definition) is 3. The van der Waals surface area contributed by atoms with Crippen molar-refractivity contribution < 1.29 is 9.53 Å². The Morgan fingerprint density at radius 1 is 1.61 bits per heavy atom. The van der Waals surface area contributed by atoms with E-state index >= 15 is 0 Å². The molecule has 0 aromatic heterocycles. The molecule has 0 N–H and O–H groups in total. The Bertz CT molecular complexity index is 479. The summed E-state index contributed by atoms with van der Waals surface area (Å²) >= 11 is 0. The predicted molar refractivity (Wildman–Crippen MR) is 67.1 cm³/mol. The number of carbonyl (C=O) groups is 1. The van der Waals surface area contributed by atoms with Crippen LogP contribution < -0.4 is 0 Å². The van der Waals surface area contributed by atoms with Crippen LogP contribution in [0.25, 0.3) is 0 Å². The van der Waals surface area contributed by atoms with E-state index in [2.05, 4.69) is 6.07 Å². The van der Waals surface area contributed by atoms with Crippen LogP contribution in [0, 0.1) is 11.3 Å². The van der Waals surface area contributed by atoms with Crippen molar-refractivity contribution in [3.8, 4) is 6.07 Å². The van der Waals surface area contributed by atoms with Crippen molar-refractivity contribution in [1.82, 2.24) is 4.90 Å². The van der Waals surface area contributed by atoms with Gasteiger partial charge >= 0.3 is 0 Å². The fourth-order valence-electron chi connectivity index (χ4n) is 2.36. The number of ether oxygens (including phenoxy) is 1. The highest BCUT2D eigenvalue weighted by molar-refractivity contribution is 5.95. The van der Waals surface area contributed by atoms with Crippen molar-refractivity contribution >= 4 is 5.91 Å². The van der Waals surface area contributed by atoms with Gasteiger partial charge in [0.25, 0.3) is 5.91 Å². The minimum absolute atomic E-state index is 0.00773. The van der Waals surface area contributed by atoms with Crippen LogP contribution in [0.1, 0.15) is 28.8 Å². The van der Waals surface area contributed by atoms with Crippen LogP contribution in [-0.4, -0.2) is 37.1 Å². The number of hydrogen-bond donors (Lipinski definition) is 0. The highest BCUT2D eigenvalue weighted by Crippen LogP contribution is 2.20. The zero-order valence-electron chi connectivity index (χ0n) is 10.4. The van der Waals surface area contributed by atoms with E-state index in [1.54, 1.807) is 31.4 Å². The van der Waals surface area contributed by atoms with Gasteiger partial charge in [0.05, 0.1) is 24.3 Å². The van der Waals surface area contributed by atoms with Crippen molar-refractivity contribution in [2.45, 2.75) is 18.9 Å². The van der Waals surface area contributed by atoms with Crippen LogP contribution >= 0.6 is 0 Å². The SMILES string of the molecule is COCC1CCCN1C(=O)c1cccc(C#N)c1. The maximum Gasteiger partial charge on any atom is 0.254 e. The molecule has 0 aliphatic carbocycles. The topological polar surface area (TPSA) is 53.3 Å². The minimum Gasteiger partial charge on any atom is -0.383 e. The van der Waals surface area contributed by atoms with Gasteiger partial charge < -0.3 is 9.64 Å². The molecule has 1 fully saturated rings. The molecule has 1 saturated heterocycles. The lowest BCUT2D eigenvalue weighted by molar-refractivity contribution is 0.0630. The molecule has 4 heteroatoms. The summed E-state index contributed by atoms with van der Waals surface area (Å²) in [5, 5.41) is 8.85. The van der Waals surface area contributed by atoms with Crippen molar-refractivity contribution in [2.24, 2.45) is 0 Å². The van der Waals surface area contributed by atoms with E-state index in [0.717, 1.165) is 19.4 Å². The molecule has 1 amide bonds. The van der Waals surface area contributed by atoms with E-state index in [0.29, 0.717) is 17.7 Å². The molecule has 1 aliphatic heterocycles. The van der Waals surface area contributed by atoms with Crippen molar-refractivity contribution in [3.05, 3.63) is 35.4 Å². The van der Waals surface area contributed by atoms with Gasteiger partial charge in [-0.25, -0.2) is 0 Å². The highest BCUT2D eigenvalue weighted by Gasteiger charge is 2.29. The van der Waals surface area contributed by atoms with Gasteiger partial charge in [-0.2, -0.15) is 5.26 Å². The summed E-state index contributed by atoms with van der Waals surface area (Å²) in [6.45, 7) is 1.34. The van der Waals surface area contributed by atoms with Crippen LogP contribution in [0.2, 0.25) is 0 Å². The maximum absolute atomic E-state index is 12.4. The smallest absolute Gasteiger partial charge is 0.254 e. The number of amides is 1. The van der Waals surface area contributed by atoms with Gasteiger partial charge in [0.1, 0.15) is 0 Å². The Hall–Kier alpha value is -1.86. The second-order valence-corrected chi connectivity index (χ2v) is 4.44. The summed E-state index contributed by atoms with van der Waals surface area (Å²) in [5.74, 6) is -0.00773. The summed E-state index contributed by atoms with van der Waals surface area (Å²) in [6.07, 6.45) is 2.00. The van der Waals surface area contributed by atoms with Crippen LogP contribution in [0.5, 0.6) is 0 Å². The number of nitrogens with zero attached hydrogens (tertiary/aromatic N) is 2. The van der Waals surface area contributed by atoms with E-state index in [4.69, 9.17) is 10.00 Å². The van der Waals surface area contributed by atoms with E-state index in [-0.39, 0.29) is 11.9 Å². The zero-order valence-corrected chi connectivity index (χ0v) is 10.4.